The van der Waals surface area contributed by atoms with Gasteiger partial charge in [0, 0.05) is 17.0 Å². The molecule has 1 unspecified atom stereocenters. The van der Waals surface area contributed by atoms with Crippen LogP contribution in [0.4, 0.5) is 5.69 Å². The van der Waals surface area contributed by atoms with Gasteiger partial charge >= 0.3 is 0 Å². The molecule has 0 aromatic heterocycles. The molecule has 0 N–H and O–H groups in total. The predicted octanol–water partition coefficient (Wildman–Crippen LogP) is 2.08. The number of hydrogen-bond acceptors (Lipinski definition) is 3. The summed E-state index contributed by atoms with van der Waals surface area (Å²) in [4.78, 5) is 11.4. The molecule has 1 aromatic carbocycles. The monoisotopic (exact) mass is 209 g/mol. The first-order valence-electron chi connectivity index (χ1n) is 3.98. The van der Waals surface area contributed by atoms with Crippen LogP contribution in [0.3, 0.4) is 0 Å². The lowest BCUT2D eigenvalue weighted by molar-refractivity contribution is -0.384. The van der Waals surface area contributed by atoms with Gasteiger partial charge in [-0.25, -0.2) is 4.21 Å². The van der Waals surface area contributed by atoms with Crippen LogP contribution in [-0.4, -0.2) is 9.13 Å². The smallest absolute Gasteiger partial charge is 0.258 e. The molecule has 0 amide bonds. The molecule has 1 aromatic rings. The van der Waals surface area contributed by atoms with Crippen molar-refractivity contribution in [3.63, 3.8) is 0 Å². The summed E-state index contributed by atoms with van der Waals surface area (Å²) in [5, 5.41) is 10.5. The third-order valence-electron chi connectivity index (χ3n) is 2.06. The van der Waals surface area contributed by atoms with E-state index in [1.165, 1.54) is 12.1 Å². The first-order chi connectivity index (χ1) is 6.59. The Morgan fingerprint density at radius 3 is 2.79 bits per heavy atom. The molecule has 1 atom stereocenters. The van der Waals surface area contributed by atoms with E-state index >= 15 is 0 Å². The van der Waals surface area contributed by atoms with Crippen LogP contribution >= 0.6 is 0 Å². The highest BCUT2D eigenvalue weighted by Crippen LogP contribution is 2.31. The second-order valence-corrected chi connectivity index (χ2v) is 4.62. The van der Waals surface area contributed by atoms with Gasteiger partial charge in [-0.15, -0.1) is 0 Å². The van der Waals surface area contributed by atoms with Gasteiger partial charge in [-0.05, 0) is 24.6 Å². The number of benzene rings is 1. The van der Waals surface area contributed by atoms with Gasteiger partial charge < -0.3 is 0 Å². The molecule has 2 rings (SSSR count). The topological polar surface area (TPSA) is 60.2 Å². The van der Waals surface area contributed by atoms with Crippen molar-refractivity contribution in [2.75, 3.05) is 0 Å². The van der Waals surface area contributed by atoms with E-state index in [0.717, 1.165) is 4.91 Å². The average molecular weight is 209 g/mol. The molecular weight excluding hydrogens is 202 g/mol. The van der Waals surface area contributed by atoms with Crippen molar-refractivity contribution in [2.45, 2.75) is 11.8 Å². The molecule has 0 spiro atoms. The number of fused-ring (bicyclic) bond motifs is 1. The molecule has 0 radical (unpaired) electrons. The van der Waals surface area contributed by atoms with Gasteiger partial charge in [-0.3, -0.25) is 10.1 Å². The zero-order valence-electron chi connectivity index (χ0n) is 7.39. The van der Waals surface area contributed by atoms with Crippen LogP contribution < -0.4 is 0 Å². The Bertz CT molecular complexity index is 479. The van der Waals surface area contributed by atoms with Gasteiger partial charge in [-0.1, -0.05) is 0 Å². The van der Waals surface area contributed by atoms with Crippen LogP contribution in [0.2, 0.25) is 0 Å². The van der Waals surface area contributed by atoms with E-state index in [9.17, 15) is 14.3 Å². The van der Waals surface area contributed by atoms with Crippen molar-refractivity contribution in [1.82, 2.24) is 0 Å². The number of nitrogens with zero attached hydrogens (tertiary/aromatic N) is 1. The normalized spacial score (nSPS) is 18.9. The molecular formula is C9H7NO3S. The third kappa shape index (κ3) is 1.26. The first-order valence-corrected chi connectivity index (χ1v) is 5.13. The average Bonchev–Trinajstić information content (AvgIpc) is 2.42. The fourth-order valence-corrected chi connectivity index (χ4v) is 2.48. The van der Waals surface area contributed by atoms with E-state index in [1.54, 1.807) is 19.1 Å². The molecule has 0 bridgehead atoms. The summed E-state index contributed by atoms with van der Waals surface area (Å²) in [5.41, 5.74) is 0.724. The second kappa shape index (κ2) is 3.02. The Balaban J connectivity index is 2.58. The Morgan fingerprint density at radius 2 is 2.14 bits per heavy atom. The number of nitro groups is 1. The summed E-state index contributed by atoms with van der Waals surface area (Å²) in [6.07, 6.45) is 1.72. The SMILES string of the molecule is CC1=Cc2cc([N+](=O)[O-])ccc2S1=O. The molecule has 72 valence electrons. The molecule has 14 heavy (non-hydrogen) atoms. The highest BCUT2D eigenvalue weighted by Gasteiger charge is 2.20. The summed E-state index contributed by atoms with van der Waals surface area (Å²) in [6, 6.07) is 4.38. The maximum atomic E-state index is 11.6. The molecule has 0 fully saturated rings. The van der Waals surface area contributed by atoms with E-state index in [1.807, 2.05) is 0 Å². The number of non-ortho nitro benzene ring substituents is 1. The molecule has 1 heterocycles. The molecule has 1 aliphatic heterocycles. The minimum absolute atomic E-state index is 0.0340. The minimum Gasteiger partial charge on any atom is -0.258 e. The van der Waals surface area contributed by atoms with Crippen molar-refractivity contribution in [3.05, 3.63) is 38.8 Å². The first kappa shape index (κ1) is 9.08. The van der Waals surface area contributed by atoms with Crippen LogP contribution in [-0.2, 0) is 10.8 Å². The van der Waals surface area contributed by atoms with Crippen LogP contribution in [0.25, 0.3) is 6.08 Å². The van der Waals surface area contributed by atoms with Crippen LogP contribution in [0, 0.1) is 10.1 Å². The van der Waals surface area contributed by atoms with Gasteiger partial charge in [0.2, 0.25) is 0 Å². The number of allylic oxidation sites excluding steroid dienone is 1. The lowest BCUT2D eigenvalue weighted by atomic mass is 10.2. The third-order valence-corrected chi connectivity index (χ3v) is 3.53. The maximum Gasteiger partial charge on any atom is 0.270 e. The van der Waals surface area contributed by atoms with Gasteiger partial charge in [-0.2, -0.15) is 0 Å². The van der Waals surface area contributed by atoms with Gasteiger partial charge in [0.25, 0.3) is 5.69 Å². The minimum atomic E-state index is -1.13. The maximum absolute atomic E-state index is 11.6. The van der Waals surface area contributed by atoms with Crippen LogP contribution in [0.15, 0.2) is 28.0 Å². The summed E-state index contributed by atoms with van der Waals surface area (Å²) < 4.78 is 11.6. The Morgan fingerprint density at radius 1 is 1.43 bits per heavy atom. The van der Waals surface area contributed by atoms with Crippen molar-refractivity contribution in [2.24, 2.45) is 0 Å². The summed E-state index contributed by atoms with van der Waals surface area (Å²) in [7, 11) is -1.13. The number of nitro benzene ring substituents is 1. The van der Waals surface area contributed by atoms with Crippen LogP contribution in [0.5, 0.6) is 0 Å². The highest BCUT2D eigenvalue weighted by atomic mass is 32.2. The summed E-state index contributed by atoms with van der Waals surface area (Å²) in [5.74, 6) is 0. The van der Waals surface area contributed by atoms with E-state index < -0.39 is 15.7 Å². The van der Waals surface area contributed by atoms with Gasteiger partial charge in [0.05, 0.1) is 20.6 Å². The molecule has 0 aliphatic carbocycles. The van der Waals surface area contributed by atoms with Crippen LogP contribution in [0.1, 0.15) is 12.5 Å². The molecule has 0 saturated heterocycles. The quantitative estimate of drug-likeness (QED) is 0.525. The summed E-state index contributed by atoms with van der Waals surface area (Å²) >= 11 is 0. The number of hydrogen-bond donors (Lipinski definition) is 0. The summed E-state index contributed by atoms with van der Waals surface area (Å²) in [6.45, 7) is 1.75. The number of rotatable bonds is 1. The zero-order valence-corrected chi connectivity index (χ0v) is 8.21. The van der Waals surface area contributed by atoms with E-state index in [-0.39, 0.29) is 5.69 Å². The van der Waals surface area contributed by atoms with Crippen molar-refractivity contribution in [3.8, 4) is 0 Å². The Hall–Kier alpha value is -1.49. The highest BCUT2D eigenvalue weighted by molar-refractivity contribution is 7.89. The molecule has 4 nitrogen and oxygen atoms in total. The predicted molar refractivity (Wildman–Crippen MR) is 53.2 cm³/mol. The molecule has 5 heteroatoms. The lowest BCUT2D eigenvalue weighted by Gasteiger charge is -1.96. The standard InChI is InChI=1S/C9H7NO3S/c1-6-4-7-5-8(10(11)12)2-3-9(7)14(6)13/h2-5H,1H3. The molecule has 1 aliphatic rings. The fourth-order valence-electron chi connectivity index (χ4n) is 1.38. The van der Waals surface area contributed by atoms with E-state index in [4.69, 9.17) is 0 Å². The second-order valence-electron chi connectivity index (χ2n) is 3.00. The van der Waals surface area contributed by atoms with E-state index in [2.05, 4.69) is 0 Å². The Kier molecular flexibility index (Phi) is 1.96. The zero-order chi connectivity index (χ0) is 10.3. The lowest BCUT2D eigenvalue weighted by Crippen LogP contribution is -1.91. The van der Waals surface area contributed by atoms with Crippen molar-refractivity contribution >= 4 is 22.6 Å². The molecule has 0 saturated carbocycles. The van der Waals surface area contributed by atoms with Gasteiger partial charge in [0.1, 0.15) is 0 Å². The Labute approximate surface area is 82.9 Å². The van der Waals surface area contributed by atoms with E-state index in [0.29, 0.717) is 10.5 Å². The van der Waals surface area contributed by atoms with Crippen molar-refractivity contribution < 1.29 is 9.13 Å². The fraction of sp³-hybridized carbons (Fsp3) is 0.111. The largest absolute Gasteiger partial charge is 0.270 e. The van der Waals surface area contributed by atoms with Crippen molar-refractivity contribution in [1.29, 1.82) is 0 Å². The van der Waals surface area contributed by atoms with Gasteiger partial charge in [0.15, 0.2) is 0 Å².